The van der Waals surface area contributed by atoms with Gasteiger partial charge in [-0.15, -0.1) is 0 Å². The molecule has 0 radical (unpaired) electrons. The van der Waals surface area contributed by atoms with Crippen LogP contribution in [0.4, 0.5) is 0 Å². The smallest absolute Gasteiger partial charge is 0.324 e. The molecule has 0 saturated carbocycles. The van der Waals surface area contributed by atoms with E-state index >= 15 is 0 Å². The van der Waals surface area contributed by atoms with Gasteiger partial charge >= 0.3 is 5.97 Å². The van der Waals surface area contributed by atoms with Gasteiger partial charge < -0.3 is 4.74 Å². The van der Waals surface area contributed by atoms with Gasteiger partial charge in [-0.1, -0.05) is 60.7 Å². The minimum Gasteiger partial charge on any atom is -0.462 e. The van der Waals surface area contributed by atoms with Crippen molar-refractivity contribution in [2.45, 2.75) is 24.9 Å². The number of rotatable bonds is 3. The molecule has 0 amide bonds. The first-order chi connectivity index (χ1) is 10.1. The van der Waals surface area contributed by atoms with Gasteiger partial charge in [0.25, 0.3) is 0 Å². The van der Waals surface area contributed by atoms with E-state index < -0.39 is 11.4 Å². The molecular formula is C18H16O3. The molecule has 2 aromatic carbocycles. The third-order valence-electron chi connectivity index (χ3n) is 3.94. The van der Waals surface area contributed by atoms with Crippen LogP contribution in [0.3, 0.4) is 0 Å². The van der Waals surface area contributed by atoms with Crippen LogP contribution >= 0.6 is 0 Å². The largest absolute Gasteiger partial charge is 0.462 e. The molecule has 2 aromatic rings. The van der Waals surface area contributed by atoms with Crippen LogP contribution in [0.25, 0.3) is 0 Å². The van der Waals surface area contributed by atoms with E-state index in [0.717, 1.165) is 0 Å². The molecule has 1 fully saturated rings. The Morgan fingerprint density at radius 3 is 2.14 bits per heavy atom. The summed E-state index contributed by atoms with van der Waals surface area (Å²) < 4.78 is 5.31. The first kappa shape index (κ1) is 13.6. The molecule has 21 heavy (non-hydrogen) atoms. The highest BCUT2D eigenvalue weighted by atomic mass is 16.6. The molecule has 1 saturated heterocycles. The topological polar surface area (TPSA) is 43.4 Å². The van der Waals surface area contributed by atoms with Crippen LogP contribution in [0.15, 0.2) is 60.7 Å². The van der Waals surface area contributed by atoms with Crippen molar-refractivity contribution < 1.29 is 14.3 Å². The van der Waals surface area contributed by atoms with E-state index in [-0.39, 0.29) is 11.9 Å². The van der Waals surface area contributed by atoms with Crippen molar-refractivity contribution in [3.63, 3.8) is 0 Å². The van der Waals surface area contributed by atoms with Gasteiger partial charge in [0.2, 0.25) is 0 Å². The van der Waals surface area contributed by atoms with Crippen LogP contribution in [-0.2, 0) is 14.9 Å². The number of benzene rings is 2. The fourth-order valence-electron chi connectivity index (χ4n) is 2.95. The van der Waals surface area contributed by atoms with Gasteiger partial charge in [0.1, 0.15) is 6.10 Å². The van der Waals surface area contributed by atoms with E-state index in [4.69, 9.17) is 4.74 Å². The molecule has 3 heteroatoms. The summed E-state index contributed by atoms with van der Waals surface area (Å²) >= 11 is 0. The Labute approximate surface area is 123 Å². The predicted octanol–water partition coefficient (Wildman–Crippen LogP) is 3.14. The van der Waals surface area contributed by atoms with Gasteiger partial charge in [0.15, 0.2) is 11.2 Å². The Hall–Kier alpha value is -2.42. The van der Waals surface area contributed by atoms with E-state index in [0.29, 0.717) is 17.5 Å². The lowest BCUT2D eigenvalue weighted by Crippen LogP contribution is -2.40. The van der Waals surface area contributed by atoms with Crippen molar-refractivity contribution in [3.05, 3.63) is 71.8 Å². The van der Waals surface area contributed by atoms with Crippen LogP contribution in [-0.4, -0.2) is 17.9 Å². The third-order valence-corrected chi connectivity index (χ3v) is 3.94. The minimum absolute atomic E-state index is 0.191. The zero-order valence-corrected chi connectivity index (χ0v) is 11.8. The molecule has 1 aliphatic rings. The second-order valence-electron chi connectivity index (χ2n) is 5.39. The summed E-state index contributed by atoms with van der Waals surface area (Å²) in [5.74, 6) is -0.640. The van der Waals surface area contributed by atoms with Crippen molar-refractivity contribution in [2.75, 3.05) is 0 Å². The van der Waals surface area contributed by atoms with Crippen LogP contribution in [0.1, 0.15) is 29.3 Å². The highest BCUT2D eigenvalue weighted by Crippen LogP contribution is 2.40. The van der Waals surface area contributed by atoms with Crippen molar-refractivity contribution in [3.8, 4) is 0 Å². The van der Waals surface area contributed by atoms with Gasteiger partial charge in [-0.05, 0) is 12.5 Å². The number of cyclic esters (lactones) is 1. The van der Waals surface area contributed by atoms with Crippen LogP contribution in [0, 0.1) is 0 Å². The molecule has 0 aromatic heterocycles. The number of Topliss-reactive ketones (excluding diaryl/α,β-unsaturated/α-hetero) is 1. The quantitative estimate of drug-likeness (QED) is 0.493. The van der Waals surface area contributed by atoms with E-state index in [1.807, 2.05) is 43.3 Å². The summed E-state index contributed by atoms with van der Waals surface area (Å²) in [4.78, 5) is 25.5. The van der Waals surface area contributed by atoms with Crippen LogP contribution in [0.2, 0.25) is 0 Å². The van der Waals surface area contributed by atoms with Gasteiger partial charge in [-0.2, -0.15) is 0 Å². The van der Waals surface area contributed by atoms with Crippen molar-refractivity contribution in [1.29, 1.82) is 0 Å². The number of carbonyl (C=O) groups excluding carboxylic acids is 2. The summed E-state index contributed by atoms with van der Waals surface area (Å²) in [6.45, 7) is 1.82. The Morgan fingerprint density at radius 1 is 1.05 bits per heavy atom. The number of hydrogen-bond acceptors (Lipinski definition) is 3. The van der Waals surface area contributed by atoms with Crippen molar-refractivity contribution >= 4 is 11.8 Å². The normalized spacial score (nSPS) is 24.6. The second kappa shape index (κ2) is 5.17. The average Bonchev–Trinajstić information content (AvgIpc) is 2.84. The lowest BCUT2D eigenvalue weighted by atomic mass is 9.72. The van der Waals surface area contributed by atoms with E-state index in [2.05, 4.69) is 0 Å². The number of esters is 1. The monoisotopic (exact) mass is 280 g/mol. The molecule has 0 bridgehead atoms. The molecule has 1 heterocycles. The maximum Gasteiger partial charge on any atom is 0.324 e. The van der Waals surface area contributed by atoms with Gasteiger partial charge in [0, 0.05) is 12.0 Å². The molecule has 106 valence electrons. The SMILES string of the molecule is C[C@H]1C[C@@](C(=O)c2ccccc2)(c2ccccc2)C(=O)O1. The van der Waals surface area contributed by atoms with E-state index in [9.17, 15) is 9.59 Å². The molecule has 1 aliphatic heterocycles. The number of hydrogen-bond donors (Lipinski definition) is 0. The molecule has 0 spiro atoms. The summed E-state index contributed by atoms with van der Waals surface area (Å²) in [6.07, 6.45) is 0.120. The third kappa shape index (κ3) is 2.15. The molecule has 0 N–H and O–H groups in total. The van der Waals surface area contributed by atoms with Gasteiger partial charge in [0.05, 0.1) is 0 Å². The first-order valence-electron chi connectivity index (χ1n) is 7.01. The zero-order chi connectivity index (χ0) is 14.9. The standard InChI is InChI=1S/C18H16O3/c1-13-12-18(17(20)21-13,15-10-6-3-7-11-15)16(19)14-8-4-2-5-9-14/h2-11,13H,12H2,1H3/t13-,18-/m0/s1. The molecule has 0 aliphatic carbocycles. The zero-order valence-electron chi connectivity index (χ0n) is 11.8. The van der Waals surface area contributed by atoms with Crippen LogP contribution in [0.5, 0.6) is 0 Å². The van der Waals surface area contributed by atoms with Gasteiger partial charge in [-0.3, -0.25) is 9.59 Å². The lowest BCUT2D eigenvalue weighted by Gasteiger charge is -2.24. The minimum atomic E-state index is -1.22. The Bertz CT molecular complexity index is 663. The maximum absolute atomic E-state index is 13.0. The Kier molecular flexibility index (Phi) is 3.34. The summed E-state index contributed by atoms with van der Waals surface area (Å²) in [7, 11) is 0. The first-order valence-corrected chi connectivity index (χ1v) is 7.01. The Balaban J connectivity index is 2.14. The summed E-state index contributed by atoms with van der Waals surface area (Å²) in [5.41, 5.74) is 0.0165. The predicted molar refractivity (Wildman–Crippen MR) is 79.1 cm³/mol. The molecule has 2 atom stereocenters. The fourth-order valence-corrected chi connectivity index (χ4v) is 2.95. The average molecular weight is 280 g/mol. The van der Waals surface area contributed by atoms with Crippen LogP contribution < -0.4 is 0 Å². The second-order valence-corrected chi connectivity index (χ2v) is 5.39. The molecule has 0 unspecified atom stereocenters. The molecular weight excluding hydrogens is 264 g/mol. The molecule has 3 nitrogen and oxygen atoms in total. The lowest BCUT2D eigenvalue weighted by molar-refractivity contribution is -0.143. The highest BCUT2D eigenvalue weighted by molar-refractivity contribution is 6.18. The summed E-state index contributed by atoms with van der Waals surface area (Å²) in [5, 5.41) is 0. The van der Waals surface area contributed by atoms with Crippen molar-refractivity contribution in [1.82, 2.24) is 0 Å². The number of carbonyl (C=O) groups is 2. The van der Waals surface area contributed by atoms with Crippen molar-refractivity contribution in [2.24, 2.45) is 0 Å². The number of ketones is 1. The number of ether oxygens (including phenoxy) is 1. The fraction of sp³-hybridized carbons (Fsp3) is 0.222. The maximum atomic E-state index is 13.0. The van der Waals surface area contributed by atoms with E-state index in [1.165, 1.54) is 0 Å². The highest BCUT2D eigenvalue weighted by Gasteiger charge is 2.54. The molecule has 3 rings (SSSR count). The Morgan fingerprint density at radius 2 is 1.62 bits per heavy atom. The van der Waals surface area contributed by atoms with Gasteiger partial charge in [-0.25, -0.2) is 0 Å². The van der Waals surface area contributed by atoms with E-state index in [1.54, 1.807) is 24.3 Å². The summed E-state index contributed by atoms with van der Waals surface area (Å²) in [6, 6.07) is 18.1.